The van der Waals surface area contributed by atoms with Gasteiger partial charge in [0.25, 0.3) is 0 Å². The average molecular weight is 264 g/mol. The van der Waals surface area contributed by atoms with Crippen molar-refractivity contribution in [1.29, 1.82) is 0 Å². The Kier molecular flexibility index (Phi) is 8.66. The standard InChI is InChI=1S/C10H9O.2ClH.Ti/c11-10-7-3-6-9(10)8-4-1-2-5-8;;;/h1,3-4,7,11H,2,6H2;2*1H;/q-1;;;+3/p-2. The summed E-state index contributed by atoms with van der Waals surface area (Å²) in [6.45, 7) is 0. The monoisotopic (exact) mass is 263 g/mol. The number of rotatable bonds is 1. The molecule has 2 aliphatic carbocycles. The Balaban J connectivity index is 0. The van der Waals surface area contributed by atoms with E-state index in [1.165, 1.54) is 0 Å². The second kappa shape index (κ2) is 7.36. The molecule has 2 rings (SSSR count). The summed E-state index contributed by atoms with van der Waals surface area (Å²) in [5.41, 5.74) is 2.08. The van der Waals surface area contributed by atoms with Crippen molar-refractivity contribution in [3.8, 4) is 0 Å². The van der Waals surface area contributed by atoms with Crippen molar-refractivity contribution in [3.63, 3.8) is 0 Å². The molecule has 0 aromatic carbocycles. The third-order valence-corrected chi connectivity index (χ3v) is 1.93. The van der Waals surface area contributed by atoms with E-state index in [-0.39, 0.29) is 46.5 Å². The van der Waals surface area contributed by atoms with Crippen LogP contribution in [0.4, 0.5) is 0 Å². The fourth-order valence-electron chi connectivity index (χ4n) is 1.35. The van der Waals surface area contributed by atoms with Crippen LogP contribution in [-0.2, 0) is 21.7 Å². The molecule has 0 amide bonds. The van der Waals surface area contributed by atoms with Gasteiger partial charge < -0.3 is 29.9 Å². The summed E-state index contributed by atoms with van der Waals surface area (Å²) in [5.74, 6) is 0.402. The third kappa shape index (κ3) is 3.32. The number of halogens is 2. The van der Waals surface area contributed by atoms with Gasteiger partial charge in [0.1, 0.15) is 0 Å². The first-order chi connectivity index (χ1) is 5.38. The van der Waals surface area contributed by atoms with Gasteiger partial charge in [0.05, 0.1) is 5.76 Å². The topological polar surface area (TPSA) is 20.2 Å². The molecule has 0 aromatic heterocycles. The predicted octanol–water partition coefficient (Wildman–Crippen LogP) is -3.55. The van der Waals surface area contributed by atoms with Crippen LogP contribution < -0.4 is 24.8 Å². The van der Waals surface area contributed by atoms with E-state index >= 15 is 0 Å². The molecule has 0 unspecified atom stereocenters. The minimum Gasteiger partial charge on any atom is -1.00 e. The van der Waals surface area contributed by atoms with Crippen LogP contribution in [0.2, 0.25) is 0 Å². The first-order valence-electron chi connectivity index (χ1n) is 3.74. The van der Waals surface area contributed by atoms with Crippen LogP contribution in [0.15, 0.2) is 41.2 Å². The van der Waals surface area contributed by atoms with E-state index in [0.29, 0.717) is 5.76 Å². The minimum atomic E-state index is 0. The number of hydrogen-bond donors (Lipinski definition) is 1. The maximum atomic E-state index is 9.35. The summed E-state index contributed by atoms with van der Waals surface area (Å²) in [7, 11) is 0. The Labute approximate surface area is 111 Å². The quantitative estimate of drug-likeness (QED) is 0.384. The molecule has 1 nitrogen and oxygen atoms in total. The molecule has 2 aliphatic rings. The smallest absolute Gasteiger partial charge is 1.00 e. The molecule has 0 saturated carbocycles. The summed E-state index contributed by atoms with van der Waals surface area (Å²) in [6.07, 6.45) is 12.7. The second-order valence-corrected chi connectivity index (χ2v) is 2.67. The first kappa shape index (κ1) is 16.5. The van der Waals surface area contributed by atoms with E-state index in [2.05, 4.69) is 6.08 Å². The third-order valence-electron chi connectivity index (χ3n) is 1.93. The van der Waals surface area contributed by atoms with E-state index in [1.54, 1.807) is 6.08 Å². The Morgan fingerprint density at radius 3 is 2.29 bits per heavy atom. The van der Waals surface area contributed by atoms with Crippen LogP contribution in [-0.4, -0.2) is 5.11 Å². The fraction of sp³-hybridized carbons (Fsp3) is 0.200. The van der Waals surface area contributed by atoms with E-state index in [9.17, 15) is 5.11 Å². The van der Waals surface area contributed by atoms with Crippen molar-refractivity contribution in [2.24, 2.45) is 0 Å². The zero-order valence-electron chi connectivity index (χ0n) is 7.43. The molecular weight excluding hydrogens is 255 g/mol. The van der Waals surface area contributed by atoms with E-state index in [4.69, 9.17) is 0 Å². The number of aliphatic hydroxyl groups excluding tert-OH is 1. The van der Waals surface area contributed by atoms with Crippen molar-refractivity contribution >= 4 is 0 Å². The second-order valence-electron chi connectivity index (χ2n) is 2.67. The molecule has 0 fully saturated rings. The Morgan fingerprint density at radius 2 is 1.86 bits per heavy atom. The van der Waals surface area contributed by atoms with Crippen LogP contribution >= 0.6 is 0 Å². The molecule has 0 heterocycles. The molecule has 1 N–H and O–H groups in total. The van der Waals surface area contributed by atoms with Crippen LogP contribution in [0.3, 0.4) is 0 Å². The van der Waals surface area contributed by atoms with Crippen molar-refractivity contribution in [2.45, 2.75) is 12.8 Å². The molecule has 0 saturated heterocycles. The van der Waals surface area contributed by atoms with E-state index < -0.39 is 0 Å². The summed E-state index contributed by atoms with van der Waals surface area (Å²) < 4.78 is 0. The summed E-state index contributed by atoms with van der Waals surface area (Å²) in [4.78, 5) is 0. The molecule has 0 aliphatic heterocycles. The van der Waals surface area contributed by atoms with Gasteiger partial charge in [-0.3, -0.25) is 0 Å². The van der Waals surface area contributed by atoms with Crippen molar-refractivity contribution in [1.82, 2.24) is 0 Å². The minimum absolute atomic E-state index is 0. The van der Waals surface area contributed by atoms with Gasteiger partial charge in [-0.25, -0.2) is 0 Å². The molecular formula is C10H9Cl2OTi. The zero-order chi connectivity index (χ0) is 7.68. The van der Waals surface area contributed by atoms with Gasteiger partial charge in [0.2, 0.25) is 0 Å². The Bertz CT molecular complexity index is 303. The van der Waals surface area contributed by atoms with Crippen molar-refractivity contribution in [2.75, 3.05) is 0 Å². The number of hydrogen-bond acceptors (Lipinski definition) is 1. The van der Waals surface area contributed by atoms with Gasteiger partial charge in [0, 0.05) is 0 Å². The Morgan fingerprint density at radius 1 is 1.14 bits per heavy atom. The number of allylic oxidation sites excluding steroid dienone is 7. The Hall–Kier alpha value is 0.0543. The van der Waals surface area contributed by atoms with Gasteiger partial charge in [-0.2, -0.15) is 17.7 Å². The van der Waals surface area contributed by atoms with Crippen LogP contribution in [0.5, 0.6) is 0 Å². The predicted molar refractivity (Wildman–Crippen MR) is 43.9 cm³/mol. The zero-order valence-corrected chi connectivity index (χ0v) is 10.5. The van der Waals surface area contributed by atoms with Crippen molar-refractivity contribution < 1.29 is 51.6 Å². The molecule has 14 heavy (non-hydrogen) atoms. The normalized spacial score (nSPS) is 17.0. The average Bonchev–Trinajstić information content (AvgIpc) is 2.55. The maximum absolute atomic E-state index is 9.35. The summed E-state index contributed by atoms with van der Waals surface area (Å²) in [6, 6.07) is 0. The SMILES string of the molecule is OC1=C(C2=[C-]CC=C2)CC=C1.[Cl-].[Cl-].[Ti+3]. The number of aliphatic hydroxyl groups is 1. The maximum Gasteiger partial charge on any atom is 3.00 e. The molecule has 0 aromatic rings. The molecule has 0 atom stereocenters. The molecule has 73 valence electrons. The van der Waals surface area contributed by atoms with Crippen molar-refractivity contribution in [3.05, 3.63) is 47.3 Å². The largest absolute Gasteiger partial charge is 3.00 e. The van der Waals surface area contributed by atoms with Crippen LogP contribution in [0.1, 0.15) is 12.8 Å². The molecule has 0 bridgehead atoms. The van der Waals surface area contributed by atoms with E-state index in [0.717, 1.165) is 24.0 Å². The van der Waals surface area contributed by atoms with Gasteiger partial charge in [-0.05, 0) is 6.08 Å². The van der Waals surface area contributed by atoms with Crippen LogP contribution in [0, 0.1) is 6.08 Å². The van der Waals surface area contributed by atoms with Gasteiger partial charge >= 0.3 is 21.7 Å². The van der Waals surface area contributed by atoms with E-state index in [1.807, 2.05) is 18.2 Å². The van der Waals surface area contributed by atoms with Gasteiger partial charge in [-0.15, -0.1) is 11.6 Å². The summed E-state index contributed by atoms with van der Waals surface area (Å²) in [5, 5.41) is 9.35. The first-order valence-corrected chi connectivity index (χ1v) is 3.74. The fourth-order valence-corrected chi connectivity index (χ4v) is 1.35. The van der Waals surface area contributed by atoms with Gasteiger partial charge in [0.15, 0.2) is 0 Å². The molecule has 1 radical (unpaired) electrons. The molecule has 4 heteroatoms. The summed E-state index contributed by atoms with van der Waals surface area (Å²) >= 11 is 0. The van der Waals surface area contributed by atoms with Crippen LogP contribution in [0.25, 0.3) is 0 Å². The van der Waals surface area contributed by atoms with Gasteiger partial charge in [-0.1, -0.05) is 18.9 Å². The molecule has 0 spiro atoms.